The number of carbonyl (C=O) groups is 1. The predicted octanol–water partition coefficient (Wildman–Crippen LogP) is 6.10. The maximum atomic E-state index is 14.6. The summed E-state index contributed by atoms with van der Waals surface area (Å²) in [6.45, 7) is 2.19. The number of hydrogen-bond acceptors (Lipinski definition) is 6. The van der Waals surface area contributed by atoms with Crippen molar-refractivity contribution in [3.05, 3.63) is 102 Å². The van der Waals surface area contributed by atoms with Crippen molar-refractivity contribution in [1.29, 1.82) is 0 Å². The van der Waals surface area contributed by atoms with Gasteiger partial charge >= 0.3 is 5.97 Å². The van der Waals surface area contributed by atoms with E-state index in [0.29, 0.717) is 23.9 Å². The third kappa shape index (κ3) is 6.63. The van der Waals surface area contributed by atoms with Gasteiger partial charge in [-0.1, -0.05) is 55.5 Å². The molecule has 0 unspecified atom stereocenters. The summed E-state index contributed by atoms with van der Waals surface area (Å²) < 4.78 is 45.8. The smallest absolute Gasteiger partial charge is 0.344 e. The van der Waals surface area contributed by atoms with Crippen LogP contribution in [0.5, 0.6) is 23.3 Å². The van der Waals surface area contributed by atoms with E-state index in [1.54, 1.807) is 19.1 Å². The fourth-order valence-corrected chi connectivity index (χ4v) is 3.64. The van der Waals surface area contributed by atoms with Crippen molar-refractivity contribution in [3.8, 4) is 34.4 Å². The standard InChI is InChI=1S/C29H26F2N2O5/c1-2-26(29(34)35)38-28-25(31)15-24(30)27(33-28)37-23-13-21(20-10-6-9-19(11-20)16-32)12-22(14-23)36-17-18-7-4-3-5-8-18/h3-15,26H,2,16-17,32H2,1H3,(H,34,35)/t26-/m1/s1. The number of halogens is 2. The van der Waals surface area contributed by atoms with Gasteiger partial charge in [0.15, 0.2) is 17.7 Å². The zero-order chi connectivity index (χ0) is 27.1. The van der Waals surface area contributed by atoms with Crippen LogP contribution >= 0.6 is 0 Å². The Morgan fingerprint density at radius 1 is 0.895 bits per heavy atom. The van der Waals surface area contributed by atoms with Gasteiger partial charge in [0, 0.05) is 18.7 Å². The second kappa shape index (κ2) is 12.2. The fraction of sp³-hybridized carbons (Fsp3) is 0.172. The van der Waals surface area contributed by atoms with Crippen LogP contribution in [0.3, 0.4) is 0 Å². The van der Waals surface area contributed by atoms with E-state index in [0.717, 1.165) is 16.7 Å². The van der Waals surface area contributed by atoms with E-state index in [4.69, 9.17) is 19.9 Å². The van der Waals surface area contributed by atoms with E-state index in [9.17, 15) is 18.7 Å². The molecule has 0 saturated heterocycles. The Balaban J connectivity index is 1.69. The second-order valence-corrected chi connectivity index (χ2v) is 8.39. The molecule has 38 heavy (non-hydrogen) atoms. The van der Waals surface area contributed by atoms with Crippen LogP contribution in [0.25, 0.3) is 11.1 Å². The van der Waals surface area contributed by atoms with Crippen molar-refractivity contribution in [2.45, 2.75) is 32.6 Å². The number of benzene rings is 3. The van der Waals surface area contributed by atoms with Crippen LogP contribution in [0.2, 0.25) is 0 Å². The number of hydrogen-bond donors (Lipinski definition) is 2. The molecule has 3 N–H and O–H groups in total. The largest absolute Gasteiger partial charge is 0.489 e. The molecule has 0 aliphatic rings. The van der Waals surface area contributed by atoms with Gasteiger partial charge in [-0.05, 0) is 46.9 Å². The Hall–Kier alpha value is -4.50. The van der Waals surface area contributed by atoms with Crippen molar-refractivity contribution in [2.24, 2.45) is 5.73 Å². The lowest BCUT2D eigenvalue weighted by Gasteiger charge is -2.15. The number of rotatable bonds is 11. The lowest BCUT2D eigenvalue weighted by Crippen LogP contribution is -2.26. The average Bonchev–Trinajstić information content (AvgIpc) is 2.93. The van der Waals surface area contributed by atoms with Crippen LogP contribution in [0, 0.1) is 11.6 Å². The molecule has 4 rings (SSSR count). The molecule has 0 spiro atoms. The number of carboxylic acids is 1. The number of aliphatic carboxylic acids is 1. The zero-order valence-electron chi connectivity index (χ0n) is 20.6. The van der Waals surface area contributed by atoms with Crippen LogP contribution < -0.4 is 19.9 Å². The predicted molar refractivity (Wildman–Crippen MR) is 137 cm³/mol. The first kappa shape index (κ1) is 26.6. The van der Waals surface area contributed by atoms with E-state index in [2.05, 4.69) is 4.98 Å². The summed E-state index contributed by atoms with van der Waals surface area (Å²) in [6, 6.07) is 22.7. The normalized spacial score (nSPS) is 11.6. The van der Waals surface area contributed by atoms with E-state index in [1.807, 2.05) is 60.7 Å². The minimum Gasteiger partial charge on any atom is -0.489 e. The third-order valence-corrected chi connectivity index (χ3v) is 5.60. The summed E-state index contributed by atoms with van der Waals surface area (Å²) in [5.74, 6) is -4.18. The number of nitrogens with zero attached hydrogens (tertiary/aromatic N) is 1. The van der Waals surface area contributed by atoms with Gasteiger partial charge < -0.3 is 25.1 Å². The molecule has 196 valence electrons. The molecule has 1 aromatic heterocycles. The van der Waals surface area contributed by atoms with E-state index < -0.39 is 35.5 Å². The summed E-state index contributed by atoms with van der Waals surface area (Å²) in [5, 5.41) is 9.22. The van der Waals surface area contributed by atoms with E-state index in [-0.39, 0.29) is 18.8 Å². The van der Waals surface area contributed by atoms with Gasteiger partial charge in [0.25, 0.3) is 11.8 Å². The Labute approximate surface area is 218 Å². The average molecular weight is 521 g/mol. The lowest BCUT2D eigenvalue weighted by molar-refractivity contribution is -0.145. The van der Waals surface area contributed by atoms with Gasteiger partial charge in [-0.15, -0.1) is 0 Å². The molecular weight excluding hydrogens is 494 g/mol. The minimum absolute atomic E-state index is 0.0516. The van der Waals surface area contributed by atoms with Crippen LogP contribution in [0.15, 0.2) is 78.9 Å². The number of nitrogens with two attached hydrogens (primary N) is 1. The van der Waals surface area contributed by atoms with Gasteiger partial charge in [-0.2, -0.15) is 4.98 Å². The molecule has 0 bridgehead atoms. The highest BCUT2D eigenvalue weighted by molar-refractivity contribution is 5.72. The first-order valence-electron chi connectivity index (χ1n) is 11.9. The highest BCUT2D eigenvalue weighted by atomic mass is 19.1. The fourth-order valence-electron chi connectivity index (χ4n) is 3.64. The van der Waals surface area contributed by atoms with Crippen LogP contribution in [0.4, 0.5) is 8.78 Å². The molecule has 1 heterocycles. The summed E-state index contributed by atoms with van der Waals surface area (Å²) in [7, 11) is 0. The summed E-state index contributed by atoms with van der Waals surface area (Å²) in [5.41, 5.74) is 9.19. The SMILES string of the molecule is CC[C@@H](Oc1nc(Oc2cc(OCc3ccccc3)cc(-c3cccc(CN)c3)c2)c(F)cc1F)C(=O)O. The molecule has 1 atom stereocenters. The highest BCUT2D eigenvalue weighted by Gasteiger charge is 2.22. The number of pyridine rings is 1. The minimum atomic E-state index is -1.36. The monoisotopic (exact) mass is 520 g/mol. The van der Waals surface area contributed by atoms with Crippen LogP contribution in [-0.4, -0.2) is 22.2 Å². The van der Waals surface area contributed by atoms with Crippen molar-refractivity contribution < 1.29 is 32.9 Å². The zero-order valence-corrected chi connectivity index (χ0v) is 20.6. The van der Waals surface area contributed by atoms with Gasteiger partial charge in [0.2, 0.25) is 0 Å². The highest BCUT2D eigenvalue weighted by Crippen LogP contribution is 2.34. The lowest BCUT2D eigenvalue weighted by atomic mass is 10.0. The van der Waals surface area contributed by atoms with E-state index in [1.165, 1.54) is 0 Å². The Morgan fingerprint density at radius 2 is 1.61 bits per heavy atom. The number of aromatic nitrogens is 1. The topological polar surface area (TPSA) is 104 Å². The molecule has 0 amide bonds. The van der Waals surface area contributed by atoms with Gasteiger partial charge in [0.1, 0.15) is 18.1 Å². The maximum Gasteiger partial charge on any atom is 0.344 e. The van der Waals surface area contributed by atoms with Gasteiger partial charge in [-0.25, -0.2) is 13.6 Å². The number of ether oxygens (including phenoxy) is 3. The molecule has 4 aromatic rings. The van der Waals surface area contributed by atoms with E-state index >= 15 is 0 Å². The molecule has 7 nitrogen and oxygen atoms in total. The molecule has 0 aliphatic carbocycles. The molecular formula is C29H26F2N2O5. The maximum absolute atomic E-state index is 14.6. The Bertz CT molecular complexity index is 1420. The van der Waals surface area contributed by atoms with Crippen molar-refractivity contribution in [1.82, 2.24) is 4.98 Å². The second-order valence-electron chi connectivity index (χ2n) is 8.39. The quantitative estimate of drug-likeness (QED) is 0.246. The van der Waals surface area contributed by atoms with Crippen LogP contribution in [0.1, 0.15) is 24.5 Å². The molecule has 3 aromatic carbocycles. The Morgan fingerprint density at radius 3 is 2.32 bits per heavy atom. The van der Waals surface area contributed by atoms with Crippen molar-refractivity contribution >= 4 is 5.97 Å². The summed E-state index contributed by atoms with van der Waals surface area (Å²) in [4.78, 5) is 15.1. The molecule has 0 radical (unpaired) electrons. The molecule has 9 heteroatoms. The summed E-state index contributed by atoms with van der Waals surface area (Å²) in [6.07, 6.45) is -1.30. The third-order valence-electron chi connectivity index (χ3n) is 5.60. The summed E-state index contributed by atoms with van der Waals surface area (Å²) >= 11 is 0. The van der Waals surface area contributed by atoms with Crippen molar-refractivity contribution in [2.75, 3.05) is 0 Å². The molecule has 0 aliphatic heterocycles. The van der Waals surface area contributed by atoms with Crippen LogP contribution in [-0.2, 0) is 17.9 Å². The first-order valence-corrected chi connectivity index (χ1v) is 11.9. The van der Waals surface area contributed by atoms with Gasteiger partial charge in [-0.3, -0.25) is 0 Å². The van der Waals surface area contributed by atoms with Crippen molar-refractivity contribution in [3.63, 3.8) is 0 Å². The number of carboxylic acid groups (broad SMARTS) is 1. The molecule has 0 fully saturated rings. The first-order chi connectivity index (χ1) is 18.4. The van der Waals surface area contributed by atoms with Gasteiger partial charge in [0.05, 0.1) is 0 Å². The molecule has 0 saturated carbocycles. The Kier molecular flexibility index (Phi) is 8.50.